The average Bonchev–Trinajstić information content (AvgIpc) is 2.55. The molecule has 25 heavy (non-hydrogen) atoms. The van der Waals surface area contributed by atoms with Crippen molar-refractivity contribution in [3.63, 3.8) is 0 Å². The number of hydrogen-bond acceptors (Lipinski definition) is 5. The van der Waals surface area contributed by atoms with Gasteiger partial charge in [0.1, 0.15) is 11.5 Å². The molecule has 0 bridgehead atoms. The highest BCUT2D eigenvalue weighted by Crippen LogP contribution is 2.30. The monoisotopic (exact) mass is 355 g/mol. The average molecular weight is 355 g/mol. The number of esters is 1. The molecule has 0 unspecified atom stereocenters. The molecule has 1 aromatic heterocycles. The molecule has 1 aromatic carbocycles. The van der Waals surface area contributed by atoms with Gasteiger partial charge in [0.05, 0.1) is 12.7 Å². The predicted octanol–water partition coefficient (Wildman–Crippen LogP) is 4.22. The van der Waals surface area contributed by atoms with Crippen LogP contribution in [-0.4, -0.2) is 23.7 Å². The topological polar surface area (TPSA) is 57.7 Å². The highest BCUT2D eigenvalue weighted by molar-refractivity contribution is 5.78. The molecule has 8 heteroatoms. The Balaban J connectivity index is 2.04. The van der Waals surface area contributed by atoms with Crippen LogP contribution in [0, 0.1) is 0 Å². The fourth-order valence-electron chi connectivity index (χ4n) is 1.89. The maximum absolute atomic E-state index is 12.5. The van der Waals surface area contributed by atoms with Crippen LogP contribution in [0.3, 0.4) is 0 Å². The lowest BCUT2D eigenvalue weighted by molar-refractivity contribution is -0.156. The van der Waals surface area contributed by atoms with Crippen molar-refractivity contribution < 1.29 is 32.2 Å². The summed E-state index contributed by atoms with van der Waals surface area (Å²) in [5.41, 5.74) is -2.01. The maximum atomic E-state index is 12.5. The van der Waals surface area contributed by atoms with Gasteiger partial charge in [-0.2, -0.15) is 13.2 Å². The molecule has 0 atom stereocenters. The first-order valence-corrected chi connectivity index (χ1v) is 7.20. The second-order valence-electron chi connectivity index (χ2n) is 5.56. The third kappa shape index (κ3) is 4.85. The van der Waals surface area contributed by atoms with Gasteiger partial charge in [0.25, 0.3) is 0 Å². The summed E-state index contributed by atoms with van der Waals surface area (Å²) >= 11 is 0. The van der Waals surface area contributed by atoms with Crippen molar-refractivity contribution in [1.82, 2.24) is 4.98 Å². The lowest BCUT2D eigenvalue weighted by Crippen LogP contribution is -2.39. The van der Waals surface area contributed by atoms with Crippen LogP contribution in [0.15, 0.2) is 42.6 Å². The van der Waals surface area contributed by atoms with Crippen LogP contribution >= 0.6 is 0 Å². The van der Waals surface area contributed by atoms with Gasteiger partial charge in [0, 0.05) is 12.3 Å². The number of halogens is 3. The van der Waals surface area contributed by atoms with Crippen molar-refractivity contribution in [2.45, 2.75) is 25.6 Å². The van der Waals surface area contributed by atoms with E-state index in [9.17, 15) is 18.0 Å². The summed E-state index contributed by atoms with van der Waals surface area (Å²) in [6.07, 6.45) is -3.75. The van der Waals surface area contributed by atoms with Gasteiger partial charge in [-0.15, -0.1) is 0 Å². The zero-order valence-corrected chi connectivity index (χ0v) is 13.8. The molecule has 0 amide bonds. The van der Waals surface area contributed by atoms with E-state index in [0.29, 0.717) is 17.7 Å². The summed E-state index contributed by atoms with van der Waals surface area (Å²) in [6, 6.07) is 8.23. The summed E-state index contributed by atoms with van der Waals surface area (Å²) in [4.78, 5) is 15.2. The van der Waals surface area contributed by atoms with Crippen molar-refractivity contribution in [2.24, 2.45) is 0 Å². The fourth-order valence-corrected chi connectivity index (χ4v) is 1.89. The number of aromatic nitrogens is 1. The van der Waals surface area contributed by atoms with E-state index in [1.807, 2.05) is 0 Å². The number of benzene rings is 1. The second-order valence-corrected chi connectivity index (χ2v) is 5.56. The van der Waals surface area contributed by atoms with Crippen LogP contribution in [0.2, 0.25) is 0 Å². The Morgan fingerprint density at radius 3 is 2.08 bits per heavy atom. The molecule has 134 valence electrons. The van der Waals surface area contributed by atoms with Crippen molar-refractivity contribution in [3.05, 3.63) is 48.2 Å². The van der Waals surface area contributed by atoms with E-state index in [-0.39, 0.29) is 5.88 Å². The number of alkyl halides is 3. The Bertz CT molecular complexity index is 725. The van der Waals surface area contributed by atoms with Crippen molar-refractivity contribution in [2.75, 3.05) is 7.11 Å². The summed E-state index contributed by atoms with van der Waals surface area (Å²) in [5.74, 6) is 0.261. The van der Waals surface area contributed by atoms with Crippen molar-refractivity contribution >= 4 is 5.97 Å². The van der Waals surface area contributed by atoms with E-state index in [1.165, 1.54) is 7.11 Å². The Hall–Kier alpha value is -2.77. The lowest BCUT2D eigenvalue weighted by atomic mass is 10.1. The van der Waals surface area contributed by atoms with E-state index in [4.69, 9.17) is 9.47 Å². The Morgan fingerprint density at radius 2 is 1.60 bits per heavy atom. The van der Waals surface area contributed by atoms with E-state index in [0.717, 1.165) is 12.1 Å². The third-order valence-electron chi connectivity index (χ3n) is 3.16. The quantitative estimate of drug-likeness (QED) is 0.752. The Labute approximate surface area is 142 Å². The molecule has 0 aliphatic rings. The normalized spacial score (nSPS) is 11.8. The van der Waals surface area contributed by atoms with Gasteiger partial charge >= 0.3 is 12.1 Å². The summed E-state index contributed by atoms with van der Waals surface area (Å²) < 4.78 is 53.0. The fraction of sp³-hybridized carbons (Fsp3) is 0.294. The van der Waals surface area contributed by atoms with Crippen LogP contribution in [0.1, 0.15) is 19.4 Å². The first-order valence-electron chi connectivity index (χ1n) is 7.20. The van der Waals surface area contributed by atoms with E-state index >= 15 is 0 Å². The number of ether oxygens (including phenoxy) is 3. The number of carbonyl (C=O) groups excluding carboxylic acids is 1. The molecule has 0 aliphatic heterocycles. The van der Waals surface area contributed by atoms with Crippen LogP contribution in [-0.2, 0) is 15.7 Å². The van der Waals surface area contributed by atoms with E-state index in [1.54, 1.807) is 38.1 Å². The highest BCUT2D eigenvalue weighted by atomic mass is 19.4. The first-order chi connectivity index (χ1) is 11.6. The van der Waals surface area contributed by atoms with Crippen LogP contribution < -0.4 is 9.47 Å². The Morgan fingerprint density at radius 1 is 1.00 bits per heavy atom. The van der Waals surface area contributed by atoms with Crippen molar-refractivity contribution in [1.29, 1.82) is 0 Å². The SMILES string of the molecule is COC(=O)C(C)(C)Oc1ccc(Oc2ccc(C(F)(F)F)cn2)cc1. The minimum Gasteiger partial charge on any atom is -0.476 e. The first kappa shape index (κ1) is 18.6. The number of pyridine rings is 1. The van der Waals surface area contributed by atoms with Gasteiger partial charge in [0.2, 0.25) is 5.88 Å². The molecular weight excluding hydrogens is 339 g/mol. The zero-order chi connectivity index (χ0) is 18.7. The number of nitrogens with zero attached hydrogens (tertiary/aromatic N) is 1. The van der Waals surface area contributed by atoms with Crippen LogP contribution in [0.4, 0.5) is 13.2 Å². The van der Waals surface area contributed by atoms with Gasteiger partial charge in [-0.3, -0.25) is 0 Å². The molecule has 0 spiro atoms. The standard InChI is InChI=1S/C17H16F3NO4/c1-16(2,15(22)23-3)25-13-7-5-12(6-8-13)24-14-9-4-11(10-21-14)17(18,19)20/h4-10H,1-3H3. The van der Waals surface area contributed by atoms with Crippen molar-refractivity contribution in [3.8, 4) is 17.4 Å². The summed E-state index contributed by atoms with van der Waals surface area (Å²) in [6.45, 7) is 3.13. The number of carbonyl (C=O) groups is 1. The predicted molar refractivity (Wildman–Crippen MR) is 82.5 cm³/mol. The van der Waals surface area contributed by atoms with E-state index < -0.39 is 23.3 Å². The second kappa shape index (κ2) is 7.00. The molecule has 2 aromatic rings. The third-order valence-corrected chi connectivity index (χ3v) is 3.16. The maximum Gasteiger partial charge on any atom is 0.417 e. The van der Waals surface area contributed by atoms with Gasteiger partial charge in [0.15, 0.2) is 5.60 Å². The van der Waals surface area contributed by atoms with Crippen LogP contribution in [0.25, 0.3) is 0 Å². The Kier molecular flexibility index (Phi) is 5.20. The number of methoxy groups -OCH3 is 1. The van der Waals surface area contributed by atoms with Gasteiger partial charge < -0.3 is 14.2 Å². The number of rotatable bonds is 5. The summed E-state index contributed by atoms with van der Waals surface area (Å²) in [5, 5.41) is 0. The molecule has 0 saturated heterocycles. The molecule has 0 N–H and O–H groups in total. The van der Waals surface area contributed by atoms with Gasteiger partial charge in [-0.25, -0.2) is 9.78 Å². The molecule has 5 nitrogen and oxygen atoms in total. The minimum absolute atomic E-state index is 0.0246. The molecule has 0 aliphatic carbocycles. The minimum atomic E-state index is -4.45. The number of hydrogen-bond donors (Lipinski definition) is 0. The smallest absolute Gasteiger partial charge is 0.417 e. The zero-order valence-electron chi connectivity index (χ0n) is 13.8. The molecule has 0 saturated carbocycles. The highest BCUT2D eigenvalue weighted by Gasteiger charge is 2.31. The molecular formula is C17H16F3NO4. The molecule has 2 rings (SSSR count). The van der Waals surface area contributed by atoms with Gasteiger partial charge in [-0.1, -0.05) is 0 Å². The summed E-state index contributed by atoms with van der Waals surface area (Å²) in [7, 11) is 1.27. The van der Waals surface area contributed by atoms with E-state index in [2.05, 4.69) is 9.72 Å². The largest absolute Gasteiger partial charge is 0.476 e. The lowest BCUT2D eigenvalue weighted by Gasteiger charge is -2.23. The molecule has 0 radical (unpaired) electrons. The molecule has 0 fully saturated rings. The van der Waals surface area contributed by atoms with Crippen LogP contribution in [0.5, 0.6) is 17.4 Å². The molecule has 1 heterocycles. The van der Waals surface area contributed by atoms with Gasteiger partial charge in [-0.05, 0) is 44.2 Å².